The lowest BCUT2D eigenvalue weighted by Crippen LogP contribution is -2.30. The zero-order valence-electron chi connectivity index (χ0n) is 43.6. The summed E-state index contributed by atoms with van der Waals surface area (Å²) in [5.74, 6) is -0.970. The van der Waals surface area contributed by atoms with Gasteiger partial charge in [-0.1, -0.05) is 240 Å². The van der Waals surface area contributed by atoms with Crippen LogP contribution < -0.4 is 0 Å². The van der Waals surface area contributed by atoms with Crippen LogP contribution in [0.15, 0.2) is 97.2 Å². The number of ether oxygens (including phenoxy) is 3. The second kappa shape index (κ2) is 54.9. The molecule has 0 heterocycles. The van der Waals surface area contributed by atoms with Gasteiger partial charge in [-0.15, -0.1) is 0 Å². The summed E-state index contributed by atoms with van der Waals surface area (Å²) < 4.78 is 16.8. The molecule has 0 aromatic rings. The van der Waals surface area contributed by atoms with E-state index in [-0.39, 0.29) is 31.1 Å². The molecule has 0 aromatic heterocycles. The van der Waals surface area contributed by atoms with E-state index in [1.54, 1.807) is 0 Å². The first-order chi connectivity index (χ1) is 33.0. The largest absolute Gasteiger partial charge is 0.462 e. The molecular formula is C61H102O6. The van der Waals surface area contributed by atoms with Crippen LogP contribution >= 0.6 is 0 Å². The summed E-state index contributed by atoms with van der Waals surface area (Å²) in [7, 11) is 0. The zero-order chi connectivity index (χ0) is 48.6. The first-order valence-corrected chi connectivity index (χ1v) is 27.8. The number of esters is 3. The molecule has 1 atom stereocenters. The van der Waals surface area contributed by atoms with Crippen LogP contribution in [-0.4, -0.2) is 37.2 Å². The standard InChI is InChI=1S/C61H102O6/c1-4-7-10-13-16-19-22-25-27-29-31-33-36-39-42-45-48-51-54-60(63)66-57-58(56-65-59(62)53-50-47-44-41-38-35-24-21-18-15-12-9-6-3)67-61(64)55-52-49-46-43-40-37-34-32-30-28-26-23-20-17-14-11-8-5-2/h9,12,15,18,21-22,24-25,27,29,31-35,38,58H,4-8,10-11,13-14,16-17,19-20,23,26,28,30,36-37,39-57H2,1-3H3/b12-9+,18-15+,24-21+,25-22+,29-27+,33-31+,34-32+,38-35+. The van der Waals surface area contributed by atoms with E-state index in [9.17, 15) is 14.4 Å². The smallest absolute Gasteiger partial charge is 0.306 e. The lowest BCUT2D eigenvalue weighted by molar-refractivity contribution is -0.167. The molecule has 6 nitrogen and oxygen atoms in total. The van der Waals surface area contributed by atoms with Crippen molar-refractivity contribution in [3.05, 3.63) is 97.2 Å². The third-order valence-electron chi connectivity index (χ3n) is 11.7. The number of hydrogen-bond acceptors (Lipinski definition) is 6. The van der Waals surface area contributed by atoms with Gasteiger partial charge in [0.2, 0.25) is 0 Å². The molecule has 0 aliphatic heterocycles. The molecule has 0 aromatic carbocycles. The van der Waals surface area contributed by atoms with Crippen LogP contribution in [-0.2, 0) is 28.6 Å². The van der Waals surface area contributed by atoms with Gasteiger partial charge in [-0.25, -0.2) is 0 Å². The second-order valence-corrected chi connectivity index (χ2v) is 18.3. The molecule has 0 aliphatic rings. The van der Waals surface area contributed by atoms with Crippen LogP contribution in [0.5, 0.6) is 0 Å². The highest BCUT2D eigenvalue weighted by Gasteiger charge is 2.19. The van der Waals surface area contributed by atoms with E-state index in [2.05, 4.69) is 81.5 Å². The number of rotatable bonds is 49. The van der Waals surface area contributed by atoms with Crippen LogP contribution in [0, 0.1) is 0 Å². The predicted molar refractivity (Wildman–Crippen MR) is 288 cm³/mol. The number of carbonyl (C=O) groups is 3. The van der Waals surface area contributed by atoms with E-state index in [1.165, 1.54) is 103 Å². The fourth-order valence-electron chi connectivity index (χ4n) is 7.51. The maximum atomic E-state index is 12.8. The summed E-state index contributed by atoms with van der Waals surface area (Å²) in [6, 6.07) is 0. The Morgan fingerprint density at radius 2 is 0.597 bits per heavy atom. The quantitative estimate of drug-likeness (QED) is 0.0199. The summed E-state index contributed by atoms with van der Waals surface area (Å²) in [5.41, 5.74) is 0. The van der Waals surface area contributed by atoms with Crippen molar-refractivity contribution in [1.82, 2.24) is 0 Å². The normalized spacial score (nSPS) is 12.8. The van der Waals surface area contributed by atoms with Gasteiger partial charge in [-0.05, 0) is 89.9 Å². The monoisotopic (exact) mass is 931 g/mol. The maximum absolute atomic E-state index is 12.8. The van der Waals surface area contributed by atoms with Gasteiger partial charge in [0.1, 0.15) is 13.2 Å². The van der Waals surface area contributed by atoms with Crippen LogP contribution in [0.25, 0.3) is 0 Å². The molecule has 0 spiro atoms. The molecule has 6 heteroatoms. The van der Waals surface area contributed by atoms with E-state index in [4.69, 9.17) is 14.2 Å². The van der Waals surface area contributed by atoms with Gasteiger partial charge in [-0.2, -0.15) is 0 Å². The number of carbonyl (C=O) groups excluding carboxylic acids is 3. The number of unbranched alkanes of at least 4 members (excludes halogenated alkanes) is 27. The topological polar surface area (TPSA) is 78.9 Å². The molecule has 0 amide bonds. The molecule has 0 aliphatic carbocycles. The van der Waals surface area contributed by atoms with Crippen molar-refractivity contribution in [3.63, 3.8) is 0 Å². The van der Waals surface area contributed by atoms with E-state index in [0.717, 1.165) is 109 Å². The third-order valence-corrected chi connectivity index (χ3v) is 11.7. The molecule has 382 valence electrons. The minimum atomic E-state index is -0.808. The number of hydrogen-bond donors (Lipinski definition) is 0. The zero-order valence-corrected chi connectivity index (χ0v) is 43.6. The first kappa shape index (κ1) is 63.3. The Bertz CT molecular complexity index is 1350. The van der Waals surface area contributed by atoms with Crippen molar-refractivity contribution in [1.29, 1.82) is 0 Å². The first-order valence-electron chi connectivity index (χ1n) is 27.8. The van der Waals surface area contributed by atoms with Crippen molar-refractivity contribution < 1.29 is 28.6 Å². The molecular weight excluding hydrogens is 829 g/mol. The molecule has 0 radical (unpaired) electrons. The van der Waals surface area contributed by atoms with Crippen LogP contribution in [0.4, 0.5) is 0 Å². The maximum Gasteiger partial charge on any atom is 0.306 e. The van der Waals surface area contributed by atoms with Crippen LogP contribution in [0.2, 0.25) is 0 Å². The van der Waals surface area contributed by atoms with Crippen molar-refractivity contribution in [2.75, 3.05) is 13.2 Å². The minimum absolute atomic E-state index is 0.105. The summed E-state index contributed by atoms with van der Waals surface area (Å²) in [5, 5.41) is 0. The number of allylic oxidation sites excluding steroid dienone is 16. The summed E-state index contributed by atoms with van der Waals surface area (Å²) in [6.45, 7) is 6.43. The highest BCUT2D eigenvalue weighted by Crippen LogP contribution is 2.14. The Hall–Kier alpha value is -3.67. The predicted octanol–water partition coefficient (Wildman–Crippen LogP) is 18.5. The van der Waals surface area contributed by atoms with Gasteiger partial charge < -0.3 is 14.2 Å². The molecule has 0 fully saturated rings. The molecule has 0 saturated heterocycles. The summed E-state index contributed by atoms with van der Waals surface area (Å²) >= 11 is 0. The molecule has 0 saturated carbocycles. The SMILES string of the molecule is CC/C=C/C=C/C=C/C=C/CCCCCC(=O)OCC(COC(=O)CCCCCCC/C=C/C=C/C=C/CCCCCCC)OC(=O)CCCCCCC/C=C/CCCCCCCCCCC. The molecule has 67 heavy (non-hydrogen) atoms. The van der Waals surface area contributed by atoms with E-state index >= 15 is 0 Å². The van der Waals surface area contributed by atoms with E-state index in [0.29, 0.717) is 19.3 Å². The Balaban J connectivity index is 4.48. The fourth-order valence-corrected chi connectivity index (χ4v) is 7.51. The minimum Gasteiger partial charge on any atom is -0.462 e. The molecule has 0 bridgehead atoms. The highest BCUT2D eigenvalue weighted by atomic mass is 16.6. The van der Waals surface area contributed by atoms with Gasteiger partial charge >= 0.3 is 17.9 Å². The van der Waals surface area contributed by atoms with Crippen molar-refractivity contribution >= 4 is 17.9 Å². The second-order valence-electron chi connectivity index (χ2n) is 18.3. The average molecular weight is 931 g/mol. The van der Waals surface area contributed by atoms with Gasteiger partial charge in [0.05, 0.1) is 0 Å². The average Bonchev–Trinajstić information content (AvgIpc) is 3.33. The lowest BCUT2D eigenvalue weighted by atomic mass is 10.1. The van der Waals surface area contributed by atoms with Gasteiger partial charge in [-0.3, -0.25) is 14.4 Å². The highest BCUT2D eigenvalue weighted by molar-refractivity contribution is 5.71. The van der Waals surface area contributed by atoms with E-state index < -0.39 is 6.10 Å². The van der Waals surface area contributed by atoms with Crippen molar-refractivity contribution in [3.8, 4) is 0 Å². The lowest BCUT2D eigenvalue weighted by Gasteiger charge is -2.18. The Morgan fingerprint density at radius 1 is 0.313 bits per heavy atom. The van der Waals surface area contributed by atoms with Gasteiger partial charge in [0.25, 0.3) is 0 Å². The molecule has 0 rings (SSSR count). The van der Waals surface area contributed by atoms with E-state index in [1.807, 2.05) is 36.5 Å². The fraction of sp³-hybridized carbons (Fsp3) is 0.689. The van der Waals surface area contributed by atoms with Gasteiger partial charge in [0, 0.05) is 19.3 Å². The summed E-state index contributed by atoms with van der Waals surface area (Å²) in [6.07, 6.45) is 72.5. The Labute approximate surface area is 413 Å². The molecule has 0 N–H and O–H groups in total. The molecule has 1 unspecified atom stereocenters. The Kier molecular flexibility index (Phi) is 51.9. The van der Waals surface area contributed by atoms with Crippen LogP contribution in [0.3, 0.4) is 0 Å². The van der Waals surface area contributed by atoms with Crippen molar-refractivity contribution in [2.45, 2.75) is 258 Å². The van der Waals surface area contributed by atoms with Gasteiger partial charge in [0.15, 0.2) is 6.10 Å². The van der Waals surface area contributed by atoms with Crippen molar-refractivity contribution in [2.24, 2.45) is 0 Å². The van der Waals surface area contributed by atoms with Crippen LogP contribution in [0.1, 0.15) is 252 Å². The summed E-state index contributed by atoms with van der Waals surface area (Å²) in [4.78, 5) is 38.1. The third kappa shape index (κ3) is 53.2. The Morgan fingerprint density at radius 3 is 0.970 bits per heavy atom.